The van der Waals surface area contributed by atoms with Gasteiger partial charge in [0.1, 0.15) is 0 Å². The van der Waals surface area contributed by atoms with E-state index in [0.29, 0.717) is 23.6 Å². The number of imidazole rings is 1. The van der Waals surface area contributed by atoms with E-state index < -0.39 is 23.4 Å². The van der Waals surface area contributed by atoms with E-state index in [-0.39, 0.29) is 5.56 Å². The topological polar surface area (TPSA) is 110 Å². The van der Waals surface area contributed by atoms with Gasteiger partial charge in [-0.25, -0.2) is 9.78 Å². The molecule has 0 saturated heterocycles. The molecule has 3 unspecified atom stereocenters. The Morgan fingerprint density at radius 2 is 1.85 bits per heavy atom. The van der Waals surface area contributed by atoms with Gasteiger partial charge in [-0.3, -0.25) is 9.36 Å². The van der Waals surface area contributed by atoms with Crippen molar-refractivity contribution in [2.75, 3.05) is 0 Å². The van der Waals surface area contributed by atoms with E-state index in [1.807, 2.05) is 48.5 Å². The van der Waals surface area contributed by atoms with Crippen molar-refractivity contribution in [3.8, 4) is 0 Å². The number of H-pyrrole nitrogens is 1. The number of aliphatic carboxylic acids is 1. The van der Waals surface area contributed by atoms with Crippen LogP contribution in [-0.4, -0.2) is 31.3 Å². The van der Waals surface area contributed by atoms with Crippen LogP contribution in [0.1, 0.15) is 51.8 Å². The molecular formula is C31H24N4O4S. The van der Waals surface area contributed by atoms with Gasteiger partial charge in [0.15, 0.2) is 12.1 Å². The van der Waals surface area contributed by atoms with Crippen LogP contribution < -0.4 is 5.56 Å². The molecule has 0 amide bonds. The van der Waals surface area contributed by atoms with E-state index in [4.69, 9.17) is 4.84 Å². The number of nitrogens with zero attached hydrogens (tertiary/aromatic N) is 3. The predicted octanol–water partition coefficient (Wildman–Crippen LogP) is 5.65. The Morgan fingerprint density at radius 1 is 1.05 bits per heavy atom. The van der Waals surface area contributed by atoms with Crippen LogP contribution in [0.3, 0.4) is 0 Å². The van der Waals surface area contributed by atoms with Crippen molar-refractivity contribution >= 4 is 34.2 Å². The van der Waals surface area contributed by atoms with E-state index in [1.54, 1.807) is 12.3 Å². The molecule has 0 bridgehead atoms. The van der Waals surface area contributed by atoms with Gasteiger partial charge in [-0.05, 0) is 33.9 Å². The van der Waals surface area contributed by atoms with Gasteiger partial charge < -0.3 is 14.9 Å². The van der Waals surface area contributed by atoms with Crippen LogP contribution in [0.25, 0.3) is 10.8 Å². The Morgan fingerprint density at radius 3 is 2.65 bits per heavy atom. The van der Waals surface area contributed by atoms with Gasteiger partial charge in [-0.2, -0.15) is 0 Å². The molecule has 2 N–H and O–H groups in total. The van der Waals surface area contributed by atoms with Crippen molar-refractivity contribution in [1.82, 2.24) is 14.5 Å². The lowest BCUT2D eigenvalue weighted by atomic mass is 9.92. The van der Waals surface area contributed by atoms with Gasteiger partial charge in [0, 0.05) is 24.2 Å². The lowest BCUT2D eigenvalue weighted by molar-refractivity contribution is -0.141. The number of carboxylic acids is 1. The highest BCUT2D eigenvalue weighted by molar-refractivity contribution is 7.99. The van der Waals surface area contributed by atoms with Crippen LogP contribution in [-0.2, 0) is 16.1 Å². The lowest BCUT2D eigenvalue weighted by Crippen LogP contribution is -2.31. The maximum absolute atomic E-state index is 13.7. The fourth-order valence-electron chi connectivity index (χ4n) is 5.74. The molecule has 0 saturated carbocycles. The molecule has 0 aliphatic carbocycles. The molecule has 2 aliphatic heterocycles. The fourth-order valence-corrected chi connectivity index (χ4v) is 7.31. The average Bonchev–Trinajstić information content (AvgIpc) is 3.74. The third kappa shape index (κ3) is 4.10. The zero-order chi connectivity index (χ0) is 27.2. The number of rotatable bonds is 6. The summed E-state index contributed by atoms with van der Waals surface area (Å²) in [5.41, 5.74) is 4.78. The first kappa shape index (κ1) is 24.4. The molecule has 2 aliphatic rings. The molecule has 7 rings (SSSR count). The summed E-state index contributed by atoms with van der Waals surface area (Å²) >= 11 is 1.36. The number of hydrogen-bond donors (Lipinski definition) is 2. The molecule has 0 fully saturated rings. The number of oxime groups is 1. The molecule has 4 heterocycles. The molecule has 8 nitrogen and oxygen atoms in total. The van der Waals surface area contributed by atoms with Gasteiger partial charge >= 0.3 is 5.97 Å². The normalized spacial score (nSPS) is 19.8. The molecule has 40 heavy (non-hydrogen) atoms. The Kier molecular flexibility index (Phi) is 6.00. The first-order chi connectivity index (χ1) is 19.6. The minimum atomic E-state index is -1.09. The van der Waals surface area contributed by atoms with Gasteiger partial charge in [0.2, 0.25) is 0 Å². The van der Waals surface area contributed by atoms with Crippen molar-refractivity contribution in [3.63, 3.8) is 0 Å². The highest BCUT2D eigenvalue weighted by atomic mass is 32.2. The molecule has 3 atom stereocenters. The van der Waals surface area contributed by atoms with E-state index in [1.165, 1.54) is 22.7 Å². The van der Waals surface area contributed by atoms with Crippen molar-refractivity contribution in [2.24, 2.45) is 5.16 Å². The summed E-state index contributed by atoms with van der Waals surface area (Å²) in [6.07, 6.45) is 3.67. The van der Waals surface area contributed by atoms with Gasteiger partial charge in [0.25, 0.3) is 5.56 Å². The highest BCUT2D eigenvalue weighted by Crippen LogP contribution is 2.52. The third-order valence-corrected chi connectivity index (χ3v) is 8.98. The summed E-state index contributed by atoms with van der Waals surface area (Å²) in [6, 6.07) is 24.7. The number of aromatic amines is 1. The zero-order valence-corrected chi connectivity index (χ0v) is 22.0. The Labute approximate surface area is 233 Å². The van der Waals surface area contributed by atoms with E-state index in [9.17, 15) is 14.7 Å². The molecule has 0 radical (unpaired) electrons. The summed E-state index contributed by atoms with van der Waals surface area (Å²) in [6.45, 7) is 0. The van der Waals surface area contributed by atoms with Crippen molar-refractivity contribution in [2.45, 2.75) is 35.3 Å². The largest absolute Gasteiger partial charge is 0.480 e. The lowest BCUT2D eigenvalue weighted by Gasteiger charge is -2.20. The van der Waals surface area contributed by atoms with Crippen LogP contribution in [0.4, 0.5) is 0 Å². The van der Waals surface area contributed by atoms with Crippen LogP contribution in [0.5, 0.6) is 0 Å². The van der Waals surface area contributed by atoms with Crippen LogP contribution in [0.15, 0.2) is 106 Å². The first-order valence-electron chi connectivity index (χ1n) is 13.0. The van der Waals surface area contributed by atoms with Gasteiger partial charge in [-0.15, -0.1) is 0 Å². The minimum absolute atomic E-state index is 0.349. The number of fused-ring (bicyclic) bond motifs is 2. The van der Waals surface area contributed by atoms with Crippen LogP contribution in [0.2, 0.25) is 0 Å². The molecular weight excluding hydrogens is 524 g/mol. The molecule has 3 aromatic carbocycles. The minimum Gasteiger partial charge on any atom is -0.480 e. The molecule has 0 spiro atoms. The Bertz CT molecular complexity index is 1830. The second kappa shape index (κ2) is 9.84. The highest BCUT2D eigenvalue weighted by Gasteiger charge is 2.44. The average molecular weight is 549 g/mol. The molecule has 198 valence electrons. The van der Waals surface area contributed by atoms with Crippen LogP contribution >= 0.6 is 11.8 Å². The number of hydrogen-bond acceptors (Lipinski definition) is 6. The SMILES string of the molecule is O=C(O)C1C(c2cnc[nH]2)Sc2c(C3CC(c4ccccc4)=NO3)c(Cc3cccc4ccccc34)cc(=O)n21. The maximum Gasteiger partial charge on any atom is 0.328 e. The third-order valence-electron chi connectivity index (χ3n) is 7.57. The number of carboxylic acid groups (broad SMARTS) is 1. The smallest absolute Gasteiger partial charge is 0.328 e. The number of pyridine rings is 1. The summed E-state index contributed by atoms with van der Waals surface area (Å²) in [5.74, 6) is -1.07. The van der Waals surface area contributed by atoms with Crippen LogP contribution in [0, 0.1) is 0 Å². The molecule has 5 aromatic rings. The standard InChI is InChI=1S/C31H24N4O4S/c36-26-14-21(13-20-11-6-10-18-7-4-5-12-22(18)20)27(25-15-23(34-39-25)19-8-2-1-3-9-19)30-35(26)28(31(37)38)29(40-30)24-16-32-17-33-24/h1-12,14,16-17,25,28-29H,13,15H2,(H,32,33)(H,37,38). The second-order valence-corrected chi connectivity index (χ2v) is 11.1. The Hall–Kier alpha value is -4.63. The number of carbonyl (C=O) groups is 1. The number of aromatic nitrogens is 3. The molecule has 9 heteroatoms. The number of nitrogens with one attached hydrogen (secondary N) is 1. The van der Waals surface area contributed by atoms with Gasteiger partial charge in [-0.1, -0.05) is 89.7 Å². The summed E-state index contributed by atoms with van der Waals surface area (Å²) in [4.78, 5) is 39.4. The summed E-state index contributed by atoms with van der Waals surface area (Å²) in [5, 5.41) is 17.0. The fraction of sp³-hybridized carbons (Fsp3) is 0.161. The van der Waals surface area contributed by atoms with E-state index in [2.05, 4.69) is 39.4 Å². The van der Waals surface area contributed by atoms with Crippen molar-refractivity contribution in [1.29, 1.82) is 0 Å². The predicted molar refractivity (Wildman–Crippen MR) is 153 cm³/mol. The number of thioether (sulfide) groups is 1. The molecule has 2 aromatic heterocycles. The van der Waals surface area contributed by atoms with Gasteiger partial charge in [0.05, 0.1) is 28.0 Å². The summed E-state index contributed by atoms with van der Waals surface area (Å²) in [7, 11) is 0. The Balaban J connectivity index is 1.38. The van der Waals surface area contributed by atoms with Crippen molar-refractivity contribution < 1.29 is 14.7 Å². The van der Waals surface area contributed by atoms with E-state index in [0.717, 1.165) is 38.7 Å². The first-order valence-corrected chi connectivity index (χ1v) is 13.9. The van der Waals surface area contributed by atoms with E-state index >= 15 is 0 Å². The van der Waals surface area contributed by atoms with Crippen molar-refractivity contribution in [3.05, 3.63) is 130 Å². The maximum atomic E-state index is 13.7. The quantitative estimate of drug-likeness (QED) is 0.284. The monoisotopic (exact) mass is 548 g/mol. The summed E-state index contributed by atoms with van der Waals surface area (Å²) < 4.78 is 1.41. The second-order valence-electron chi connectivity index (χ2n) is 9.94. The zero-order valence-electron chi connectivity index (χ0n) is 21.2. The number of benzene rings is 3.